The molecule has 2 aromatic rings. The highest BCUT2D eigenvalue weighted by Gasteiger charge is 2.30. The molecule has 0 bridgehead atoms. The molecule has 152 valence electrons. The van der Waals surface area contributed by atoms with Crippen molar-refractivity contribution in [2.45, 2.75) is 25.8 Å². The van der Waals surface area contributed by atoms with E-state index in [0.717, 1.165) is 5.56 Å². The number of nitrogens with one attached hydrogen (secondary N) is 2. The van der Waals surface area contributed by atoms with E-state index in [-0.39, 0.29) is 37.2 Å². The van der Waals surface area contributed by atoms with Crippen LogP contribution in [-0.2, 0) is 15.1 Å². The monoisotopic (exact) mass is 425 g/mol. The molecule has 0 aromatic heterocycles. The molecule has 0 aliphatic carbocycles. The minimum Gasteiger partial charge on any atom is -0.495 e. The number of anilines is 1. The molecule has 2 rings (SSSR count). The molecule has 0 fully saturated rings. The van der Waals surface area contributed by atoms with Gasteiger partial charge in [0.15, 0.2) is 0 Å². The largest absolute Gasteiger partial charge is 0.495 e. The summed E-state index contributed by atoms with van der Waals surface area (Å²) >= 11 is 6.06. The molecule has 4 N–H and O–H groups in total. The van der Waals surface area contributed by atoms with E-state index in [1.807, 2.05) is 25.1 Å². The van der Waals surface area contributed by atoms with Crippen molar-refractivity contribution in [2.75, 3.05) is 19.0 Å². The van der Waals surface area contributed by atoms with Crippen molar-refractivity contribution in [3.8, 4) is 5.75 Å². The van der Waals surface area contributed by atoms with Crippen LogP contribution in [0.25, 0.3) is 0 Å². The summed E-state index contributed by atoms with van der Waals surface area (Å²) < 4.78 is 5.23. The van der Waals surface area contributed by atoms with Crippen LogP contribution in [-0.4, -0.2) is 25.5 Å². The lowest BCUT2D eigenvalue weighted by atomic mass is 9.92. The molecule has 1 unspecified atom stereocenters. The fourth-order valence-corrected chi connectivity index (χ4v) is 2.68. The summed E-state index contributed by atoms with van der Waals surface area (Å²) in [6, 6.07) is 12.5. The van der Waals surface area contributed by atoms with E-state index in [1.165, 1.54) is 7.11 Å². The summed E-state index contributed by atoms with van der Waals surface area (Å²) in [5.41, 5.74) is 7.03. The van der Waals surface area contributed by atoms with Crippen molar-refractivity contribution < 1.29 is 14.3 Å². The quantitative estimate of drug-likeness (QED) is 0.633. The van der Waals surface area contributed by atoms with E-state index < -0.39 is 5.54 Å². The summed E-state index contributed by atoms with van der Waals surface area (Å²) in [7, 11) is 1.50. The van der Waals surface area contributed by atoms with Crippen LogP contribution < -0.4 is 21.1 Å². The van der Waals surface area contributed by atoms with Gasteiger partial charge in [0.25, 0.3) is 0 Å². The van der Waals surface area contributed by atoms with Crippen molar-refractivity contribution >= 4 is 41.5 Å². The molecule has 0 saturated heterocycles. The van der Waals surface area contributed by atoms with Gasteiger partial charge in [-0.25, -0.2) is 0 Å². The minimum absolute atomic E-state index is 0. The number of methoxy groups -OCH3 is 1. The van der Waals surface area contributed by atoms with Gasteiger partial charge in [0.2, 0.25) is 11.8 Å². The Labute approximate surface area is 176 Å². The molecule has 28 heavy (non-hydrogen) atoms. The second kappa shape index (κ2) is 10.3. The third-order valence-electron chi connectivity index (χ3n) is 4.24. The number of aryl methyl sites for hydroxylation is 1. The summed E-state index contributed by atoms with van der Waals surface area (Å²) in [4.78, 5) is 24.6. The van der Waals surface area contributed by atoms with Crippen LogP contribution in [0, 0.1) is 6.92 Å². The number of hydrogen-bond donors (Lipinski definition) is 3. The number of ether oxygens (including phenoxy) is 1. The molecule has 0 heterocycles. The highest BCUT2D eigenvalue weighted by molar-refractivity contribution is 6.31. The molecule has 6 nitrogen and oxygen atoms in total. The van der Waals surface area contributed by atoms with Gasteiger partial charge < -0.3 is 21.1 Å². The number of rotatable bonds is 7. The zero-order valence-corrected chi connectivity index (χ0v) is 17.6. The Balaban J connectivity index is 0.00000392. The first-order chi connectivity index (χ1) is 12.8. The number of amides is 2. The maximum Gasteiger partial charge on any atom is 0.244 e. The Morgan fingerprint density at radius 3 is 2.46 bits per heavy atom. The molecule has 0 aliphatic rings. The summed E-state index contributed by atoms with van der Waals surface area (Å²) in [6.07, 6.45) is 0.0986. The lowest BCUT2D eigenvalue weighted by Crippen LogP contribution is -2.49. The molecular formula is C20H25Cl2N3O3. The Hall–Kier alpha value is -2.28. The van der Waals surface area contributed by atoms with Gasteiger partial charge >= 0.3 is 0 Å². The number of halogens is 2. The van der Waals surface area contributed by atoms with Crippen LogP contribution in [0.2, 0.25) is 5.02 Å². The average molecular weight is 426 g/mol. The van der Waals surface area contributed by atoms with Crippen molar-refractivity contribution in [1.82, 2.24) is 5.32 Å². The highest BCUT2D eigenvalue weighted by Crippen LogP contribution is 2.31. The van der Waals surface area contributed by atoms with Crippen LogP contribution in [0.1, 0.15) is 24.5 Å². The van der Waals surface area contributed by atoms with E-state index in [0.29, 0.717) is 22.0 Å². The lowest BCUT2D eigenvalue weighted by molar-refractivity contribution is -0.126. The number of nitrogens with two attached hydrogens (primary N) is 1. The van der Waals surface area contributed by atoms with Crippen molar-refractivity contribution in [1.29, 1.82) is 0 Å². The van der Waals surface area contributed by atoms with Crippen LogP contribution in [0.4, 0.5) is 5.69 Å². The number of carbonyl (C=O) groups is 2. The van der Waals surface area contributed by atoms with Gasteiger partial charge in [0.05, 0.1) is 12.8 Å². The van der Waals surface area contributed by atoms with E-state index in [4.69, 9.17) is 22.1 Å². The van der Waals surface area contributed by atoms with Crippen molar-refractivity contribution in [3.05, 3.63) is 58.6 Å². The SMILES string of the molecule is COc1cc(Cl)c(C)cc1NC(=O)CCNC(=O)C(C)(N)c1ccccc1.Cl. The van der Waals surface area contributed by atoms with E-state index in [1.54, 1.807) is 31.2 Å². The molecular weight excluding hydrogens is 401 g/mol. The normalized spacial score (nSPS) is 12.3. The number of hydrogen-bond acceptors (Lipinski definition) is 4. The summed E-state index contributed by atoms with van der Waals surface area (Å²) in [5.74, 6) is -0.128. The third-order valence-corrected chi connectivity index (χ3v) is 4.64. The molecule has 1 atom stereocenters. The molecule has 2 amide bonds. The van der Waals surface area contributed by atoms with Crippen LogP contribution in [0.5, 0.6) is 5.75 Å². The maximum absolute atomic E-state index is 12.4. The Bertz CT molecular complexity index is 827. The van der Waals surface area contributed by atoms with Crippen molar-refractivity contribution in [3.63, 3.8) is 0 Å². The van der Waals surface area contributed by atoms with Gasteiger partial charge in [-0.2, -0.15) is 0 Å². The second-order valence-electron chi connectivity index (χ2n) is 6.42. The van der Waals surface area contributed by atoms with Crippen LogP contribution >= 0.6 is 24.0 Å². The number of benzene rings is 2. The van der Waals surface area contributed by atoms with E-state index in [2.05, 4.69) is 10.6 Å². The maximum atomic E-state index is 12.4. The highest BCUT2D eigenvalue weighted by atomic mass is 35.5. The first-order valence-electron chi connectivity index (χ1n) is 8.52. The van der Waals surface area contributed by atoms with E-state index in [9.17, 15) is 9.59 Å². The smallest absolute Gasteiger partial charge is 0.244 e. The Morgan fingerprint density at radius 2 is 1.86 bits per heavy atom. The molecule has 2 aromatic carbocycles. The molecule has 0 aliphatic heterocycles. The van der Waals surface area contributed by atoms with Gasteiger partial charge in [-0.1, -0.05) is 41.9 Å². The Morgan fingerprint density at radius 1 is 1.21 bits per heavy atom. The van der Waals surface area contributed by atoms with Gasteiger partial charge in [-0.15, -0.1) is 12.4 Å². The molecule has 0 saturated carbocycles. The fourth-order valence-electron chi connectivity index (χ4n) is 2.53. The molecule has 0 spiro atoms. The first kappa shape index (κ1) is 23.8. The van der Waals surface area contributed by atoms with Gasteiger partial charge in [-0.3, -0.25) is 9.59 Å². The molecule has 8 heteroatoms. The zero-order chi connectivity index (χ0) is 20.0. The van der Waals surface area contributed by atoms with E-state index >= 15 is 0 Å². The van der Waals surface area contributed by atoms with Gasteiger partial charge in [0.1, 0.15) is 11.3 Å². The zero-order valence-electron chi connectivity index (χ0n) is 16.0. The van der Waals surface area contributed by atoms with Crippen molar-refractivity contribution in [2.24, 2.45) is 5.73 Å². The predicted octanol–water partition coefficient (Wildman–Crippen LogP) is 3.40. The summed E-state index contributed by atoms with van der Waals surface area (Å²) in [5, 5.41) is 6.03. The van der Waals surface area contributed by atoms with Gasteiger partial charge in [-0.05, 0) is 31.0 Å². The predicted molar refractivity (Wildman–Crippen MR) is 114 cm³/mol. The third kappa shape index (κ3) is 5.86. The Kier molecular flexibility index (Phi) is 8.75. The van der Waals surface area contributed by atoms with Gasteiger partial charge in [0, 0.05) is 24.1 Å². The minimum atomic E-state index is -1.17. The van der Waals surface area contributed by atoms with Crippen LogP contribution in [0.15, 0.2) is 42.5 Å². The lowest BCUT2D eigenvalue weighted by Gasteiger charge is -2.24. The average Bonchev–Trinajstić information content (AvgIpc) is 2.65. The second-order valence-corrected chi connectivity index (χ2v) is 6.83. The number of carbonyl (C=O) groups excluding carboxylic acids is 2. The van der Waals surface area contributed by atoms with Crippen LogP contribution in [0.3, 0.4) is 0 Å². The summed E-state index contributed by atoms with van der Waals surface area (Å²) in [6.45, 7) is 3.64. The molecule has 0 radical (unpaired) electrons. The fraction of sp³-hybridized carbons (Fsp3) is 0.300. The topological polar surface area (TPSA) is 93.5 Å². The first-order valence-corrected chi connectivity index (χ1v) is 8.90. The standard InChI is InChI=1S/C20H24ClN3O3.ClH/c1-13-11-16(17(27-3)12-15(13)21)24-18(25)9-10-23-19(26)20(2,22)14-7-5-4-6-8-14;/h4-8,11-12H,9-10,22H2,1-3H3,(H,23,26)(H,24,25);1H.